The van der Waals surface area contributed by atoms with Crippen LogP contribution in [-0.2, 0) is 9.53 Å². The summed E-state index contributed by atoms with van der Waals surface area (Å²) in [5, 5.41) is 3.30. The molecule has 2 rings (SSSR count). The molecule has 0 aliphatic carbocycles. The molecule has 2 aromatic rings. The van der Waals surface area contributed by atoms with Gasteiger partial charge in [0.2, 0.25) is 0 Å². The molecule has 132 valence electrons. The first-order valence-corrected chi connectivity index (χ1v) is 7.93. The maximum absolute atomic E-state index is 12.1. The number of amides is 1. The molecule has 25 heavy (non-hydrogen) atoms. The van der Waals surface area contributed by atoms with Crippen LogP contribution in [0.3, 0.4) is 0 Å². The predicted molar refractivity (Wildman–Crippen MR) is 97.5 cm³/mol. The monoisotopic (exact) mass is 382 g/mol. The number of anilines is 2. The second kappa shape index (κ2) is 8.09. The smallest absolute Gasteiger partial charge is 0.342 e. The Kier molecular flexibility index (Phi) is 6.12. The van der Waals surface area contributed by atoms with Gasteiger partial charge in [0.1, 0.15) is 11.3 Å². The summed E-state index contributed by atoms with van der Waals surface area (Å²) in [6.45, 7) is 1.37. The molecule has 1 amide bonds. The highest BCUT2D eigenvalue weighted by Gasteiger charge is 2.17. The van der Waals surface area contributed by atoms with E-state index in [-0.39, 0.29) is 22.0 Å². The maximum Gasteiger partial charge on any atom is 0.342 e. The highest BCUT2D eigenvalue weighted by molar-refractivity contribution is 6.33. The number of carbonyl (C=O) groups is 2. The Balaban J connectivity index is 2.01. The number of aryl methyl sites for hydroxylation is 1. The Morgan fingerprint density at radius 2 is 1.88 bits per heavy atom. The van der Waals surface area contributed by atoms with Gasteiger partial charge >= 0.3 is 5.97 Å². The van der Waals surface area contributed by atoms with Gasteiger partial charge in [-0.25, -0.2) is 4.79 Å². The van der Waals surface area contributed by atoms with Gasteiger partial charge in [-0.15, -0.1) is 0 Å². The number of rotatable bonds is 5. The van der Waals surface area contributed by atoms with Crippen LogP contribution in [0.4, 0.5) is 11.4 Å². The zero-order chi connectivity index (χ0) is 18.6. The quantitative estimate of drug-likeness (QED) is 0.607. The lowest BCUT2D eigenvalue weighted by Crippen LogP contribution is -2.21. The summed E-state index contributed by atoms with van der Waals surface area (Å²) in [5.74, 6) is -1.05. The van der Waals surface area contributed by atoms with Gasteiger partial charge in [0.05, 0.1) is 17.8 Å². The summed E-state index contributed by atoms with van der Waals surface area (Å²) in [4.78, 5) is 24.1. The first kappa shape index (κ1) is 18.9. The van der Waals surface area contributed by atoms with Crippen LogP contribution in [0.5, 0.6) is 5.75 Å². The zero-order valence-corrected chi connectivity index (χ0v) is 15.1. The molecule has 0 radical (unpaired) electrons. The van der Waals surface area contributed by atoms with Crippen molar-refractivity contribution in [1.82, 2.24) is 0 Å². The van der Waals surface area contributed by atoms with Crippen LogP contribution in [0.2, 0.25) is 10.0 Å². The number of hydrogen-bond donors (Lipinski definition) is 2. The molecule has 2 aromatic carbocycles. The van der Waals surface area contributed by atoms with Gasteiger partial charge in [0.15, 0.2) is 6.61 Å². The molecule has 0 saturated heterocycles. The Morgan fingerprint density at radius 1 is 1.16 bits per heavy atom. The number of methoxy groups -OCH3 is 1. The van der Waals surface area contributed by atoms with Gasteiger partial charge in [-0.1, -0.05) is 29.3 Å². The van der Waals surface area contributed by atoms with Gasteiger partial charge < -0.3 is 20.5 Å². The molecule has 0 fully saturated rings. The van der Waals surface area contributed by atoms with E-state index in [0.717, 1.165) is 5.56 Å². The molecule has 0 aromatic heterocycles. The lowest BCUT2D eigenvalue weighted by molar-refractivity contribution is -0.119. The third-order valence-electron chi connectivity index (χ3n) is 3.33. The Bertz CT molecular complexity index is 825. The molecule has 3 N–H and O–H groups in total. The topological polar surface area (TPSA) is 90.7 Å². The van der Waals surface area contributed by atoms with E-state index < -0.39 is 18.5 Å². The van der Waals surface area contributed by atoms with E-state index in [1.807, 2.05) is 6.92 Å². The highest BCUT2D eigenvalue weighted by Crippen LogP contribution is 2.29. The number of nitrogens with one attached hydrogen (secondary N) is 1. The van der Waals surface area contributed by atoms with Gasteiger partial charge in [0, 0.05) is 16.8 Å². The third-order valence-corrected chi connectivity index (χ3v) is 4.06. The van der Waals surface area contributed by atoms with E-state index in [0.29, 0.717) is 10.7 Å². The van der Waals surface area contributed by atoms with Crippen molar-refractivity contribution in [1.29, 1.82) is 0 Å². The Labute approximate surface area is 154 Å². The Morgan fingerprint density at radius 3 is 2.52 bits per heavy atom. The summed E-state index contributed by atoms with van der Waals surface area (Å²) < 4.78 is 10.1. The fraction of sp³-hybridized carbons (Fsp3) is 0.176. The second-order valence-corrected chi connectivity index (χ2v) is 5.98. The number of halogens is 2. The molecule has 0 spiro atoms. The number of hydrogen-bond acceptors (Lipinski definition) is 5. The number of nitrogens with two attached hydrogens (primary N) is 1. The lowest BCUT2D eigenvalue weighted by Gasteiger charge is -2.11. The molecule has 8 heteroatoms. The molecule has 0 atom stereocenters. The maximum atomic E-state index is 12.1. The van der Waals surface area contributed by atoms with Gasteiger partial charge in [-0.2, -0.15) is 0 Å². The minimum absolute atomic E-state index is 0.0767. The molecular formula is C17H16Cl2N2O4. The van der Waals surface area contributed by atoms with E-state index in [4.69, 9.17) is 38.4 Å². The molecule has 0 heterocycles. The van der Waals surface area contributed by atoms with E-state index in [1.54, 1.807) is 18.2 Å². The first-order valence-electron chi connectivity index (χ1n) is 7.18. The van der Waals surface area contributed by atoms with Crippen LogP contribution < -0.4 is 15.8 Å². The van der Waals surface area contributed by atoms with Crippen molar-refractivity contribution >= 4 is 46.5 Å². The van der Waals surface area contributed by atoms with Crippen molar-refractivity contribution in [3.63, 3.8) is 0 Å². The number of ether oxygens (including phenoxy) is 2. The number of nitrogen functional groups attached to an aromatic ring is 1. The van der Waals surface area contributed by atoms with Crippen molar-refractivity contribution in [2.75, 3.05) is 24.8 Å². The largest absolute Gasteiger partial charge is 0.496 e. The van der Waals surface area contributed by atoms with Gasteiger partial charge in [0.25, 0.3) is 5.91 Å². The summed E-state index contributed by atoms with van der Waals surface area (Å²) in [7, 11) is 1.38. The third kappa shape index (κ3) is 4.78. The number of carbonyl (C=O) groups excluding carboxylic acids is 2. The molecule has 0 unspecified atom stereocenters. The number of esters is 1. The van der Waals surface area contributed by atoms with E-state index in [9.17, 15) is 9.59 Å². The summed E-state index contributed by atoms with van der Waals surface area (Å²) >= 11 is 11.9. The van der Waals surface area contributed by atoms with Gasteiger partial charge in [-0.05, 0) is 30.7 Å². The lowest BCUT2D eigenvalue weighted by atomic mass is 10.2. The summed E-state index contributed by atoms with van der Waals surface area (Å²) in [5.41, 5.74) is 7.39. The molecule has 0 bridgehead atoms. The normalized spacial score (nSPS) is 10.2. The average molecular weight is 383 g/mol. The van der Waals surface area contributed by atoms with Crippen LogP contribution in [0, 0.1) is 6.92 Å². The SMILES string of the molecule is COc1cc(N)c(Cl)cc1C(=O)OCC(=O)Nc1ccc(C)c(Cl)c1. The van der Waals surface area contributed by atoms with Crippen molar-refractivity contribution in [2.45, 2.75) is 6.92 Å². The Hall–Kier alpha value is -2.44. The predicted octanol–water partition coefficient (Wildman–Crippen LogP) is 3.69. The van der Waals surface area contributed by atoms with Crippen LogP contribution in [-0.4, -0.2) is 25.6 Å². The van der Waals surface area contributed by atoms with Gasteiger partial charge in [-0.3, -0.25) is 4.79 Å². The average Bonchev–Trinajstić information content (AvgIpc) is 2.58. The van der Waals surface area contributed by atoms with E-state index >= 15 is 0 Å². The molecule has 0 aliphatic rings. The van der Waals surface area contributed by atoms with Crippen molar-refractivity contribution in [3.8, 4) is 5.75 Å². The van der Waals surface area contributed by atoms with Crippen LogP contribution >= 0.6 is 23.2 Å². The molecule has 6 nitrogen and oxygen atoms in total. The summed E-state index contributed by atoms with van der Waals surface area (Å²) in [6, 6.07) is 7.82. The standard InChI is InChI=1S/C17H16Cl2N2O4/c1-9-3-4-10(5-12(9)18)21-16(22)8-25-17(23)11-6-13(19)14(20)7-15(11)24-2/h3-7H,8,20H2,1-2H3,(H,21,22). The van der Waals surface area contributed by atoms with Crippen LogP contribution in [0.15, 0.2) is 30.3 Å². The fourth-order valence-corrected chi connectivity index (χ4v) is 2.32. The van der Waals surface area contributed by atoms with Crippen LogP contribution in [0.1, 0.15) is 15.9 Å². The first-order chi connectivity index (χ1) is 11.8. The van der Waals surface area contributed by atoms with Crippen molar-refractivity contribution in [3.05, 3.63) is 51.5 Å². The minimum atomic E-state index is -0.754. The minimum Gasteiger partial charge on any atom is -0.496 e. The van der Waals surface area contributed by atoms with Crippen molar-refractivity contribution < 1.29 is 19.1 Å². The van der Waals surface area contributed by atoms with Crippen molar-refractivity contribution in [2.24, 2.45) is 0 Å². The van der Waals surface area contributed by atoms with E-state index in [1.165, 1.54) is 19.2 Å². The van der Waals surface area contributed by atoms with Crippen LogP contribution in [0.25, 0.3) is 0 Å². The zero-order valence-electron chi connectivity index (χ0n) is 13.6. The molecule has 0 saturated carbocycles. The van der Waals surface area contributed by atoms with E-state index in [2.05, 4.69) is 5.32 Å². The summed E-state index contributed by atoms with van der Waals surface area (Å²) in [6.07, 6.45) is 0. The fourth-order valence-electron chi connectivity index (χ4n) is 1.97. The molecule has 0 aliphatic heterocycles. The number of benzene rings is 2. The highest BCUT2D eigenvalue weighted by atomic mass is 35.5. The second-order valence-electron chi connectivity index (χ2n) is 5.16. The molecular weight excluding hydrogens is 367 g/mol.